The van der Waals surface area contributed by atoms with Gasteiger partial charge in [-0.25, -0.2) is 0 Å². The van der Waals surface area contributed by atoms with Gasteiger partial charge in [0, 0.05) is 0 Å². The minimum absolute atomic E-state index is 0. The summed E-state index contributed by atoms with van der Waals surface area (Å²) in [6.07, 6.45) is 9.81. The zero-order valence-corrected chi connectivity index (χ0v) is 8.23. The summed E-state index contributed by atoms with van der Waals surface area (Å²) in [7, 11) is 0. The first kappa shape index (κ1) is 10.4. The molecule has 0 radical (unpaired) electrons. The molecule has 1 unspecified atom stereocenters. The molecule has 0 amide bonds. The molecule has 0 spiro atoms. The Morgan fingerprint density at radius 3 is 2.33 bits per heavy atom. The van der Waals surface area contributed by atoms with Crippen LogP contribution >= 0.6 is 0 Å². The molecule has 0 saturated heterocycles. The molecule has 0 bridgehead atoms. The summed E-state index contributed by atoms with van der Waals surface area (Å²) < 4.78 is 0. The van der Waals surface area contributed by atoms with Crippen molar-refractivity contribution in [3.8, 4) is 0 Å². The van der Waals surface area contributed by atoms with Crippen LogP contribution in [0.4, 0.5) is 0 Å². The zero-order chi connectivity index (χ0) is 7.68. The Morgan fingerprint density at radius 2 is 1.83 bits per heavy atom. The van der Waals surface area contributed by atoms with Gasteiger partial charge in [-0.1, -0.05) is 25.7 Å². The van der Waals surface area contributed by atoms with Crippen LogP contribution in [-0.2, 0) is 0 Å². The van der Waals surface area contributed by atoms with Gasteiger partial charge in [-0.3, -0.25) is 0 Å². The third kappa shape index (κ3) is 1.98. The van der Waals surface area contributed by atoms with Crippen LogP contribution in [-0.4, -0.2) is 0 Å². The Hall–Kier alpha value is 0.337. The normalized spacial score (nSPS) is 30.7. The SMILES string of the molecule is C=C1CCCC1[C-]1CCCC1.[Li+]. The van der Waals surface area contributed by atoms with Gasteiger partial charge in [0.1, 0.15) is 0 Å². The molecule has 2 aliphatic carbocycles. The van der Waals surface area contributed by atoms with E-state index in [1.165, 1.54) is 50.5 Å². The molecule has 0 nitrogen and oxygen atoms in total. The second-order valence-corrected chi connectivity index (χ2v) is 3.97. The minimum atomic E-state index is 0. The fourth-order valence-electron chi connectivity index (χ4n) is 2.58. The molecule has 1 heteroatoms. The predicted octanol–water partition coefficient (Wildman–Crippen LogP) is 0.495. The van der Waals surface area contributed by atoms with Crippen LogP contribution in [0.1, 0.15) is 44.9 Å². The zero-order valence-electron chi connectivity index (χ0n) is 8.23. The molecular formula is C11H17Li. The first-order chi connectivity index (χ1) is 5.38. The fraction of sp³-hybridized carbons (Fsp3) is 0.727. The van der Waals surface area contributed by atoms with Crippen molar-refractivity contribution in [3.05, 3.63) is 18.1 Å². The van der Waals surface area contributed by atoms with Gasteiger partial charge >= 0.3 is 18.9 Å². The first-order valence-electron chi connectivity index (χ1n) is 4.90. The summed E-state index contributed by atoms with van der Waals surface area (Å²) in [5, 5.41) is 0. The number of hydrogen-bond acceptors (Lipinski definition) is 0. The minimum Gasteiger partial charge on any atom is -0.307 e. The van der Waals surface area contributed by atoms with Gasteiger partial charge < -0.3 is 5.92 Å². The van der Waals surface area contributed by atoms with Crippen molar-refractivity contribution in [3.63, 3.8) is 0 Å². The molecule has 0 N–H and O–H groups in total. The van der Waals surface area contributed by atoms with E-state index < -0.39 is 0 Å². The predicted molar refractivity (Wildman–Crippen MR) is 48.2 cm³/mol. The van der Waals surface area contributed by atoms with E-state index in [1.807, 2.05) is 5.92 Å². The molecule has 0 aliphatic heterocycles. The number of rotatable bonds is 1. The Kier molecular flexibility index (Phi) is 3.94. The first-order valence-corrected chi connectivity index (χ1v) is 4.90. The van der Waals surface area contributed by atoms with E-state index in [1.54, 1.807) is 0 Å². The second-order valence-electron chi connectivity index (χ2n) is 3.97. The maximum atomic E-state index is 4.16. The Labute approximate surface area is 88.0 Å². The molecule has 0 aromatic heterocycles. The van der Waals surface area contributed by atoms with Gasteiger partial charge in [0.05, 0.1) is 0 Å². The van der Waals surface area contributed by atoms with E-state index in [0.29, 0.717) is 0 Å². The van der Waals surface area contributed by atoms with Crippen molar-refractivity contribution in [2.75, 3.05) is 0 Å². The second kappa shape index (κ2) is 4.54. The summed E-state index contributed by atoms with van der Waals surface area (Å²) in [5.41, 5.74) is 1.53. The van der Waals surface area contributed by atoms with Gasteiger partial charge in [0.15, 0.2) is 0 Å². The third-order valence-corrected chi connectivity index (χ3v) is 3.22. The molecule has 12 heavy (non-hydrogen) atoms. The van der Waals surface area contributed by atoms with Gasteiger partial charge in [-0.2, -0.15) is 12.8 Å². The number of hydrogen-bond donors (Lipinski definition) is 0. The average molecular weight is 156 g/mol. The van der Waals surface area contributed by atoms with E-state index >= 15 is 0 Å². The molecule has 1 atom stereocenters. The fourth-order valence-corrected chi connectivity index (χ4v) is 2.58. The standard InChI is InChI=1S/C11H17.Li/c1-9-5-4-8-11(9)10-6-2-3-7-10;/h11H,1-8H2;/q-1;+1. The van der Waals surface area contributed by atoms with E-state index in [-0.39, 0.29) is 18.9 Å². The van der Waals surface area contributed by atoms with Crippen molar-refractivity contribution in [2.24, 2.45) is 5.92 Å². The smallest absolute Gasteiger partial charge is 0.307 e. The maximum Gasteiger partial charge on any atom is 1.00 e. The molecule has 2 aliphatic rings. The maximum absolute atomic E-state index is 4.16. The van der Waals surface area contributed by atoms with Crippen LogP contribution in [0.2, 0.25) is 0 Å². The monoisotopic (exact) mass is 156 g/mol. The molecule has 0 aromatic carbocycles. The Morgan fingerprint density at radius 1 is 1.17 bits per heavy atom. The molecule has 2 rings (SSSR count). The van der Waals surface area contributed by atoms with E-state index in [9.17, 15) is 0 Å². The summed E-state index contributed by atoms with van der Waals surface area (Å²) in [5.74, 6) is 2.67. The van der Waals surface area contributed by atoms with Gasteiger partial charge in [-0.05, 0) is 6.42 Å². The number of allylic oxidation sites excluding steroid dienone is 1. The van der Waals surface area contributed by atoms with E-state index in [4.69, 9.17) is 0 Å². The van der Waals surface area contributed by atoms with Crippen LogP contribution in [0.3, 0.4) is 0 Å². The molecule has 0 heterocycles. The van der Waals surface area contributed by atoms with Crippen LogP contribution in [0.5, 0.6) is 0 Å². The third-order valence-electron chi connectivity index (χ3n) is 3.22. The largest absolute Gasteiger partial charge is 1.00 e. The molecule has 0 aromatic rings. The van der Waals surface area contributed by atoms with Crippen molar-refractivity contribution in [2.45, 2.75) is 44.9 Å². The molecule has 62 valence electrons. The van der Waals surface area contributed by atoms with Gasteiger partial charge in [0.2, 0.25) is 0 Å². The molecular weight excluding hydrogens is 139 g/mol. The summed E-state index contributed by atoms with van der Waals surface area (Å²) in [6, 6.07) is 0. The van der Waals surface area contributed by atoms with Crippen LogP contribution < -0.4 is 18.9 Å². The van der Waals surface area contributed by atoms with Crippen molar-refractivity contribution >= 4 is 0 Å². The van der Waals surface area contributed by atoms with Gasteiger partial charge in [0.25, 0.3) is 0 Å². The van der Waals surface area contributed by atoms with E-state index in [0.717, 1.165) is 5.92 Å². The van der Waals surface area contributed by atoms with Gasteiger partial charge in [-0.15, -0.1) is 18.1 Å². The van der Waals surface area contributed by atoms with Crippen LogP contribution in [0, 0.1) is 11.8 Å². The quantitative estimate of drug-likeness (QED) is 0.294. The average Bonchev–Trinajstić information content (AvgIpc) is 2.55. The molecule has 2 saturated carbocycles. The van der Waals surface area contributed by atoms with Crippen molar-refractivity contribution in [1.82, 2.24) is 0 Å². The van der Waals surface area contributed by atoms with Crippen LogP contribution in [0.25, 0.3) is 0 Å². The topological polar surface area (TPSA) is 0 Å². The van der Waals surface area contributed by atoms with Crippen molar-refractivity contribution < 1.29 is 18.9 Å². The summed E-state index contributed by atoms with van der Waals surface area (Å²) >= 11 is 0. The Bertz CT molecular complexity index is 156. The summed E-state index contributed by atoms with van der Waals surface area (Å²) in [6.45, 7) is 4.16. The Balaban J connectivity index is 0.000000720. The van der Waals surface area contributed by atoms with E-state index in [2.05, 4.69) is 6.58 Å². The molecule has 2 fully saturated rings. The summed E-state index contributed by atoms with van der Waals surface area (Å²) in [4.78, 5) is 0. The van der Waals surface area contributed by atoms with Crippen LogP contribution in [0.15, 0.2) is 12.2 Å². The van der Waals surface area contributed by atoms with Crippen molar-refractivity contribution in [1.29, 1.82) is 0 Å².